The zero-order valence-electron chi connectivity index (χ0n) is 14.0. The highest BCUT2D eigenvalue weighted by Gasteiger charge is 2.28. The summed E-state index contributed by atoms with van der Waals surface area (Å²) in [6.07, 6.45) is 0. The number of nitrogens with zero attached hydrogens (tertiary/aromatic N) is 4. The lowest BCUT2D eigenvalue weighted by Crippen LogP contribution is -2.39. The van der Waals surface area contributed by atoms with E-state index in [9.17, 15) is 9.59 Å². The first-order valence-corrected chi connectivity index (χ1v) is 8.24. The molecular formula is C15H20N6O2S. The molecule has 8 nitrogen and oxygen atoms in total. The SMILES string of the molecule is CNC(=O)NC(=O)C(Sc1nnnn1C(C)(C)C)c1ccccc1. The molecule has 0 aliphatic heterocycles. The molecule has 1 aromatic carbocycles. The van der Waals surface area contributed by atoms with E-state index >= 15 is 0 Å². The Labute approximate surface area is 144 Å². The molecule has 0 bridgehead atoms. The Kier molecular flexibility index (Phi) is 5.55. The molecular weight excluding hydrogens is 328 g/mol. The second-order valence-electron chi connectivity index (χ2n) is 6.02. The van der Waals surface area contributed by atoms with E-state index in [1.54, 1.807) is 4.68 Å². The first-order valence-electron chi connectivity index (χ1n) is 7.36. The third kappa shape index (κ3) is 4.31. The van der Waals surface area contributed by atoms with Gasteiger partial charge in [-0.1, -0.05) is 42.1 Å². The number of hydrogen-bond donors (Lipinski definition) is 2. The quantitative estimate of drug-likeness (QED) is 0.816. The number of tetrazole rings is 1. The van der Waals surface area contributed by atoms with Gasteiger partial charge >= 0.3 is 6.03 Å². The van der Waals surface area contributed by atoms with E-state index in [-0.39, 0.29) is 5.54 Å². The van der Waals surface area contributed by atoms with Crippen LogP contribution in [0.2, 0.25) is 0 Å². The van der Waals surface area contributed by atoms with Crippen LogP contribution in [0.15, 0.2) is 35.5 Å². The Balaban J connectivity index is 2.32. The molecule has 1 unspecified atom stereocenters. The molecule has 0 saturated carbocycles. The fourth-order valence-electron chi connectivity index (χ4n) is 1.92. The number of benzene rings is 1. The summed E-state index contributed by atoms with van der Waals surface area (Å²) in [5.41, 5.74) is 0.428. The number of carbonyl (C=O) groups is 2. The molecule has 0 radical (unpaired) electrons. The van der Waals surface area contributed by atoms with Gasteiger partial charge in [0, 0.05) is 7.05 Å². The minimum atomic E-state index is -0.657. The van der Waals surface area contributed by atoms with Crippen LogP contribution < -0.4 is 10.6 Å². The van der Waals surface area contributed by atoms with Crippen LogP contribution in [0.3, 0.4) is 0 Å². The Morgan fingerprint density at radius 2 is 1.88 bits per heavy atom. The Morgan fingerprint density at radius 1 is 1.21 bits per heavy atom. The molecule has 0 aliphatic carbocycles. The van der Waals surface area contributed by atoms with Crippen molar-refractivity contribution in [1.29, 1.82) is 0 Å². The summed E-state index contributed by atoms with van der Waals surface area (Å²) >= 11 is 1.20. The average molecular weight is 348 g/mol. The van der Waals surface area contributed by atoms with Gasteiger partial charge in [-0.3, -0.25) is 10.1 Å². The normalized spacial score (nSPS) is 12.5. The van der Waals surface area contributed by atoms with E-state index in [1.165, 1.54) is 18.8 Å². The van der Waals surface area contributed by atoms with Gasteiger partial charge in [-0.2, -0.15) is 0 Å². The zero-order chi connectivity index (χ0) is 17.7. The van der Waals surface area contributed by atoms with Crippen molar-refractivity contribution in [3.8, 4) is 0 Å². The van der Waals surface area contributed by atoms with Gasteiger partial charge in [-0.25, -0.2) is 9.48 Å². The molecule has 2 aromatic rings. The third-order valence-electron chi connectivity index (χ3n) is 3.10. The van der Waals surface area contributed by atoms with E-state index < -0.39 is 17.2 Å². The fraction of sp³-hybridized carbons (Fsp3) is 0.400. The molecule has 3 amide bonds. The first-order chi connectivity index (χ1) is 11.3. The number of urea groups is 1. The van der Waals surface area contributed by atoms with E-state index in [2.05, 4.69) is 26.2 Å². The number of thioether (sulfide) groups is 1. The zero-order valence-corrected chi connectivity index (χ0v) is 14.8. The number of imide groups is 1. The molecule has 128 valence electrons. The van der Waals surface area contributed by atoms with Crippen LogP contribution in [0, 0.1) is 0 Å². The topological polar surface area (TPSA) is 102 Å². The van der Waals surface area contributed by atoms with E-state index in [1.807, 2.05) is 51.1 Å². The van der Waals surface area contributed by atoms with E-state index in [4.69, 9.17) is 0 Å². The Morgan fingerprint density at radius 3 is 2.46 bits per heavy atom. The lowest BCUT2D eigenvalue weighted by Gasteiger charge is -2.21. The van der Waals surface area contributed by atoms with Gasteiger partial charge < -0.3 is 5.32 Å². The van der Waals surface area contributed by atoms with Crippen molar-refractivity contribution < 1.29 is 9.59 Å². The van der Waals surface area contributed by atoms with E-state index in [0.29, 0.717) is 5.16 Å². The van der Waals surface area contributed by atoms with Crippen LogP contribution in [-0.2, 0) is 10.3 Å². The second-order valence-corrected chi connectivity index (χ2v) is 7.09. The smallest absolute Gasteiger partial charge is 0.321 e. The van der Waals surface area contributed by atoms with Crippen LogP contribution in [-0.4, -0.2) is 39.2 Å². The largest absolute Gasteiger partial charge is 0.341 e. The number of rotatable bonds is 4. The summed E-state index contributed by atoms with van der Waals surface area (Å²) < 4.78 is 1.65. The average Bonchev–Trinajstić information content (AvgIpc) is 3.01. The molecule has 0 aliphatic rings. The summed E-state index contributed by atoms with van der Waals surface area (Å²) in [4.78, 5) is 24.0. The second kappa shape index (κ2) is 7.43. The van der Waals surface area contributed by atoms with Crippen molar-refractivity contribution in [1.82, 2.24) is 30.8 Å². The number of carbonyl (C=O) groups excluding carboxylic acids is 2. The lowest BCUT2D eigenvalue weighted by molar-refractivity contribution is -0.119. The van der Waals surface area contributed by atoms with Gasteiger partial charge in [0.1, 0.15) is 5.25 Å². The predicted octanol–water partition coefficient (Wildman–Crippen LogP) is 1.72. The summed E-state index contributed by atoms with van der Waals surface area (Å²) in [6, 6.07) is 8.63. The van der Waals surface area contributed by atoms with Gasteiger partial charge in [0.05, 0.1) is 5.54 Å². The van der Waals surface area contributed by atoms with Gasteiger partial charge in [0.15, 0.2) is 0 Å². The van der Waals surface area contributed by atoms with Crippen molar-refractivity contribution in [2.24, 2.45) is 0 Å². The summed E-state index contributed by atoms with van der Waals surface area (Å²) in [7, 11) is 1.45. The van der Waals surface area contributed by atoms with Crippen LogP contribution in [0.5, 0.6) is 0 Å². The van der Waals surface area contributed by atoms with Crippen molar-refractivity contribution in [2.75, 3.05) is 7.05 Å². The fourth-order valence-corrected chi connectivity index (χ4v) is 3.08. The van der Waals surface area contributed by atoms with Gasteiger partial charge in [0.2, 0.25) is 11.1 Å². The van der Waals surface area contributed by atoms with Crippen molar-refractivity contribution in [3.63, 3.8) is 0 Å². The highest BCUT2D eigenvalue weighted by Crippen LogP contribution is 2.35. The molecule has 1 aromatic heterocycles. The number of aromatic nitrogens is 4. The van der Waals surface area contributed by atoms with Gasteiger partial charge in [-0.05, 0) is 36.8 Å². The standard InChI is InChI=1S/C15H20N6O2S/c1-15(2,3)21-14(18-19-20-21)24-11(10-8-6-5-7-9-10)12(22)17-13(23)16-4/h5-9,11H,1-4H3,(H2,16,17,22,23). The number of amides is 3. The van der Waals surface area contributed by atoms with Gasteiger partial charge in [-0.15, -0.1) is 5.10 Å². The number of hydrogen-bond acceptors (Lipinski definition) is 6. The minimum Gasteiger partial charge on any atom is -0.341 e. The first kappa shape index (κ1) is 17.9. The van der Waals surface area contributed by atoms with Crippen LogP contribution >= 0.6 is 11.8 Å². The summed E-state index contributed by atoms with van der Waals surface area (Å²) in [5, 5.41) is 16.2. The maximum Gasteiger partial charge on any atom is 0.321 e. The number of nitrogens with one attached hydrogen (secondary N) is 2. The summed E-state index contributed by atoms with van der Waals surface area (Å²) in [6.45, 7) is 5.90. The molecule has 9 heteroatoms. The highest BCUT2D eigenvalue weighted by atomic mass is 32.2. The Hall–Kier alpha value is -2.42. The molecule has 1 atom stereocenters. The van der Waals surface area contributed by atoms with Crippen LogP contribution in [0.4, 0.5) is 4.79 Å². The molecule has 2 N–H and O–H groups in total. The van der Waals surface area contributed by atoms with Gasteiger partial charge in [0.25, 0.3) is 0 Å². The van der Waals surface area contributed by atoms with Crippen LogP contribution in [0.1, 0.15) is 31.6 Å². The lowest BCUT2D eigenvalue weighted by atomic mass is 10.1. The highest BCUT2D eigenvalue weighted by molar-refractivity contribution is 8.00. The summed E-state index contributed by atoms with van der Waals surface area (Å²) in [5.74, 6) is -0.436. The monoisotopic (exact) mass is 348 g/mol. The molecule has 0 saturated heterocycles. The molecule has 24 heavy (non-hydrogen) atoms. The minimum absolute atomic E-state index is 0.329. The van der Waals surface area contributed by atoms with Crippen molar-refractivity contribution in [2.45, 2.75) is 36.7 Å². The van der Waals surface area contributed by atoms with Crippen molar-refractivity contribution in [3.05, 3.63) is 35.9 Å². The third-order valence-corrected chi connectivity index (χ3v) is 4.29. The maximum atomic E-state index is 12.5. The molecule has 0 spiro atoms. The van der Waals surface area contributed by atoms with Crippen LogP contribution in [0.25, 0.3) is 0 Å². The maximum absolute atomic E-state index is 12.5. The molecule has 1 heterocycles. The predicted molar refractivity (Wildman–Crippen MR) is 90.5 cm³/mol. The molecule has 2 rings (SSSR count). The molecule has 0 fully saturated rings. The van der Waals surface area contributed by atoms with Crippen molar-refractivity contribution >= 4 is 23.7 Å². The Bertz CT molecular complexity index is 710. The van der Waals surface area contributed by atoms with E-state index in [0.717, 1.165) is 5.56 Å².